The molecule has 0 spiro atoms. The highest BCUT2D eigenvalue weighted by Crippen LogP contribution is 2.44. The van der Waals surface area contributed by atoms with Crippen LogP contribution in [-0.4, -0.2) is 15.5 Å². The Morgan fingerprint density at radius 3 is 2.57 bits per heavy atom. The molecule has 0 aromatic heterocycles. The lowest BCUT2D eigenvalue weighted by molar-refractivity contribution is -0.127. The minimum atomic E-state index is -0.0269. The second-order valence-electron chi connectivity index (χ2n) is 9.34. The van der Waals surface area contributed by atoms with Gasteiger partial charge in [0.05, 0.1) is 3.92 Å². The van der Waals surface area contributed by atoms with Gasteiger partial charge in [-0.2, -0.15) is 0 Å². The molecule has 4 unspecified atom stereocenters. The lowest BCUT2D eigenvalue weighted by Gasteiger charge is -2.40. The Kier molecular flexibility index (Phi) is 7.61. The molecule has 4 rings (SSSR count). The molecule has 0 bridgehead atoms. The quantitative estimate of drug-likeness (QED) is 0.277. The summed E-state index contributed by atoms with van der Waals surface area (Å²) >= 11 is 2.29. The van der Waals surface area contributed by atoms with Crippen LogP contribution in [0.1, 0.15) is 69.8 Å². The Labute approximate surface area is 194 Å². The zero-order valence-electron chi connectivity index (χ0n) is 17.8. The zero-order chi connectivity index (χ0) is 20.9. The second kappa shape index (κ2) is 10.4. The summed E-state index contributed by atoms with van der Waals surface area (Å²) in [6.07, 6.45) is 11.5. The van der Waals surface area contributed by atoms with Crippen molar-refractivity contribution in [2.45, 2.75) is 74.6 Å². The summed E-state index contributed by atoms with van der Waals surface area (Å²) in [5.74, 6) is 2.45. The first-order valence-corrected chi connectivity index (χ1v) is 13.0. The molecule has 160 valence electrons. The van der Waals surface area contributed by atoms with Crippen LogP contribution in [0.15, 0.2) is 42.5 Å². The zero-order valence-corrected chi connectivity index (χ0v) is 20.0. The number of carbonyl (C=O) groups excluding carboxylic acids is 2. The molecule has 2 aliphatic rings. The van der Waals surface area contributed by atoms with Gasteiger partial charge < -0.3 is 0 Å². The van der Waals surface area contributed by atoms with Gasteiger partial charge in [-0.05, 0) is 53.9 Å². The average molecular weight is 516 g/mol. The van der Waals surface area contributed by atoms with E-state index in [4.69, 9.17) is 0 Å². The predicted molar refractivity (Wildman–Crippen MR) is 132 cm³/mol. The number of halogens is 1. The molecule has 2 aromatic rings. The van der Waals surface area contributed by atoms with Gasteiger partial charge >= 0.3 is 0 Å². The summed E-state index contributed by atoms with van der Waals surface area (Å²) in [6, 6.07) is 14.7. The molecule has 4 atom stereocenters. The molecule has 0 radical (unpaired) electrons. The van der Waals surface area contributed by atoms with Crippen molar-refractivity contribution in [1.29, 1.82) is 0 Å². The smallest absolute Gasteiger partial charge is 0.146 e. The van der Waals surface area contributed by atoms with E-state index >= 15 is 0 Å². The van der Waals surface area contributed by atoms with Crippen molar-refractivity contribution in [2.75, 3.05) is 0 Å². The third kappa shape index (κ3) is 5.15. The van der Waals surface area contributed by atoms with E-state index in [2.05, 4.69) is 65.1 Å². The first-order valence-electron chi connectivity index (χ1n) is 11.8. The van der Waals surface area contributed by atoms with Crippen LogP contribution < -0.4 is 0 Å². The van der Waals surface area contributed by atoms with E-state index in [1.807, 2.05) is 0 Å². The number of hydrogen-bond acceptors (Lipinski definition) is 2. The Morgan fingerprint density at radius 2 is 1.67 bits per heavy atom. The molecule has 2 nitrogen and oxygen atoms in total. The number of carbonyl (C=O) groups is 2. The second-order valence-corrected chi connectivity index (χ2v) is 10.8. The van der Waals surface area contributed by atoms with E-state index in [0.717, 1.165) is 25.2 Å². The fraction of sp³-hybridized carbons (Fsp3) is 0.556. The molecule has 0 amide bonds. The molecule has 0 saturated heterocycles. The molecule has 0 heterocycles. The number of rotatable bonds is 8. The van der Waals surface area contributed by atoms with Gasteiger partial charge in [-0.25, -0.2) is 0 Å². The highest BCUT2D eigenvalue weighted by Gasteiger charge is 2.37. The third-order valence-corrected chi connectivity index (χ3v) is 8.60. The Hall–Kier alpha value is -1.23. The van der Waals surface area contributed by atoms with E-state index in [-0.39, 0.29) is 15.6 Å². The van der Waals surface area contributed by atoms with Crippen molar-refractivity contribution >= 4 is 44.9 Å². The summed E-state index contributed by atoms with van der Waals surface area (Å²) in [6.45, 7) is 0. The summed E-state index contributed by atoms with van der Waals surface area (Å²) < 4.78 is -0.0269. The van der Waals surface area contributed by atoms with Crippen molar-refractivity contribution in [3.8, 4) is 0 Å². The minimum Gasteiger partial charge on any atom is -0.299 e. The van der Waals surface area contributed by atoms with Crippen LogP contribution in [0.4, 0.5) is 0 Å². The van der Waals surface area contributed by atoms with Crippen LogP contribution in [0.25, 0.3) is 10.8 Å². The van der Waals surface area contributed by atoms with Gasteiger partial charge in [0, 0.05) is 18.8 Å². The van der Waals surface area contributed by atoms with Gasteiger partial charge in [-0.3, -0.25) is 9.59 Å². The summed E-state index contributed by atoms with van der Waals surface area (Å²) in [5.41, 5.74) is 1.24. The van der Waals surface area contributed by atoms with E-state index in [1.165, 1.54) is 54.9 Å². The van der Waals surface area contributed by atoms with Crippen molar-refractivity contribution < 1.29 is 9.59 Å². The van der Waals surface area contributed by atoms with E-state index in [9.17, 15) is 9.59 Å². The molecule has 3 heteroatoms. The van der Waals surface area contributed by atoms with Gasteiger partial charge in [0.2, 0.25) is 0 Å². The van der Waals surface area contributed by atoms with Crippen molar-refractivity contribution in [2.24, 2.45) is 17.8 Å². The summed E-state index contributed by atoms with van der Waals surface area (Å²) in [4.78, 5) is 25.7. The van der Waals surface area contributed by atoms with E-state index < -0.39 is 0 Å². The van der Waals surface area contributed by atoms with Gasteiger partial charge in [-0.15, -0.1) is 0 Å². The van der Waals surface area contributed by atoms with Crippen molar-refractivity contribution in [3.05, 3.63) is 48.0 Å². The third-order valence-electron chi connectivity index (χ3n) is 7.46. The van der Waals surface area contributed by atoms with Crippen LogP contribution in [0.5, 0.6) is 0 Å². The number of benzene rings is 2. The molecule has 2 aromatic carbocycles. The van der Waals surface area contributed by atoms with Crippen LogP contribution >= 0.6 is 22.6 Å². The van der Waals surface area contributed by atoms with Crippen LogP contribution in [0.2, 0.25) is 0 Å². The molecule has 0 aliphatic heterocycles. The van der Waals surface area contributed by atoms with Crippen LogP contribution in [-0.2, 0) is 16.0 Å². The van der Waals surface area contributed by atoms with E-state index in [1.54, 1.807) is 0 Å². The lowest BCUT2D eigenvalue weighted by Crippen LogP contribution is -2.35. The van der Waals surface area contributed by atoms with Gasteiger partial charge in [0.1, 0.15) is 11.6 Å². The molecular formula is C27H33IO2. The minimum absolute atomic E-state index is 0.0269. The molecule has 2 saturated carbocycles. The topological polar surface area (TPSA) is 34.1 Å². The van der Waals surface area contributed by atoms with Gasteiger partial charge in [0.15, 0.2) is 0 Å². The Bertz CT molecular complexity index is 882. The first kappa shape index (κ1) is 22.0. The molecule has 2 aliphatic carbocycles. The number of ketones is 2. The van der Waals surface area contributed by atoms with Gasteiger partial charge in [0.25, 0.3) is 0 Å². The fourth-order valence-corrected chi connectivity index (χ4v) is 6.68. The van der Waals surface area contributed by atoms with Crippen LogP contribution in [0, 0.1) is 17.8 Å². The Morgan fingerprint density at radius 1 is 0.900 bits per heavy atom. The SMILES string of the molecule is O=C(CCCC(=O)C1CCCC2CCCCC21)C(I)Cc1cccc2ccccc12. The number of Topliss-reactive ketones (excluding diaryl/α,β-unsaturated/α-hetero) is 2. The van der Waals surface area contributed by atoms with Crippen LogP contribution in [0.3, 0.4) is 0 Å². The lowest BCUT2D eigenvalue weighted by atomic mass is 9.64. The normalized spacial score (nSPS) is 24.9. The number of fused-ring (bicyclic) bond motifs is 2. The van der Waals surface area contributed by atoms with Gasteiger partial charge in [-0.1, -0.05) is 97.2 Å². The summed E-state index contributed by atoms with van der Waals surface area (Å²) in [7, 11) is 0. The monoisotopic (exact) mass is 516 g/mol. The molecule has 0 N–H and O–H groups in total. The first-order chi connectivity index (χ1) is 14.6. The fourth-order valence-electron chi connectivity index (χ4n) is 5.89. The maximum atomic E-state index is 12.9. The molecular weight excluding hydrogens is 483 g/mol. The maximum absolute atomic E-state index is 12.9. The number of alkyl halides is 1. The maximum Gasteiger partial charge on any atom is 0.146 e. The van der Waals surface area contributed by atoms with E-state index in [0.29, 0.717) is 24.5 Å². The standard InChI is InChI=1S/C27H33IO2/c28-25(18-21-12-5-10-19-8-1-3-13-22(19)21)27(30)17-7-16-26(29)24-15-6-11-20-9-2-4-14-23(20)24/h1,3,5,8,10,12-13,20,23-25H,2,4,6-7,9,11,14-18H2. The number of hydrogen-bond donors (Lipinski definition) is 0. The average Bonchev–Trinajstić information content (AvgIpc) is 2.78. The highest BCUT2D eigenvalue weighted by atomic mass is 127. The largest absolute Gasteiger partial charge is 0.299 e. The molecule has 30 heavy (non-hydrogen) atoms. The summed E-state index contributed by atoms with van der Waals surface area (Å²) in [5, 5.41) is 2.47. The van der Waals surface area contributed by atoms with Crippen molar-refractivity contribution in [3.63, 3.8) is 0 Å². The Balaban J connectivity index is 1.27. The molecule has 2 fully saturated rings. The van der Waals surface area contributed by atoms with Crippen molar-refractivity contribution in [1.82, 2.24) is 0 Å². The highest BCUT2D eigenvalue weighted by molar-refractivity contribution is 14.1. The predicted octanol–water partition coefficient (Wildman–Crippen LogP) is 7.10.